The molecular weight excluding hydrogens is 416 g/mol. The van der Waals surface area contributed by atoms with E-state index in [-0.39, 0.29) is 24.9 Å². The third kappa shape index (κ3) is 6.89. The van der Waals surface area contributed by atoms with Gasteiger partial charge >= 0.3 is 0 Å². The van der Waals surface area contributed by atoms with E-state index in [2.05, 4.69) is 5.32 Å². The predicted molar refractivity (Wildman–Crippen MR) is 123 cm³/mol. The fourth-order valence-corrected chi connectivity index (χ4v) is 4.40. The fourth-order valence-electron chi connectivity index (χ4n) is 3.44. The van der Waals surface area contributed by atoms with Gasteiger partial charge in [0.25, 0.3) is 0 Å². The summed E-state index contributed by atoms with van der Waals surface area (Å²) in [5, 5.41) is 3.05. The summed E-state index contributed by atoms with van der Waals surface area (Å²) in [6.45, 7) is 4.19. The molecule has 0 aromatic heterocycles. The highest BCUT2D eigenvalue weighted by Gasteiger charge is 2.19. The molecule has 2 aromatic carbocycles. The lowest BCUT2D eigenvalue weighted by Gasteiger charge is -2.23. The molecule has 2 rings (SSSR count). The molecule has 0 heterocycles. The van der Waals surface area contributed by atoms with Gasteiger partial charge in [-0.3, -0.25) is 9.10 Å². The van der Waals surface area contributed by atoms with Crippen molar-refractivity contribution < 1.29 is 22.7 Å². The first-order valence-corrected chi connectivity index (χ1v) is 12.1. The molecule has 1 atom stereocenters. The zero-order valence-corrected chi connectivity index (χ0v) is 19.7. The summed E-state index contributed by atoms with van der Waals surface area (Å²) in [7, 11) is -0.327. The highest BCUT2D eigenvalue weighted by Crippen LogP contribution is 2.25. The quantitative estimate of drug-likeness (QED) is 0.565. The Morgan fingerprint density at radius 2 is 1.87 bits per heavy atom. The second-order valence-electron chi connectivity index (χ2n) is 7.40. The SMILES string of the molecule is CC[C@@H](NC(=O)CCCN(c1cccc(OC)c1)S(C)(=O)=O)c1ccc(OC)c(C)c1. The van der Waals surface area contributed by atoms with Gasteiger partial charge in [-0.15, -0.1) is 0 Å². The number of methoxy groups -OCH3 is 2. The lowest BCUT2D eigenvalue weighted by Crippen LogP contribution is -2.33. The maximum Gasteiger partial charge on any atom is 0.232 e. The Hall–Kier alpha value is -2.74. The summed E-state index contributed by atoms with van der Waals surface area (Å²) < 4.78 is 36.3. The molecule has 0 aliphatic heterocycles. The highest BCUT2D eigenvalue weighted by molar-refractivity contribution is 7.92. The normalized spacial score (nSPS) is 12.2. The zero-order valence-electron chi connectivity index (χ0n) is 18.8. The van der Waals surface area contributed by atoms with Crippen molar-refractivity contribution in [1.29, 1.82) is 0 Å². The number of benzene rings is 2. The molecule has 1 amide bonds. The van der Waals surface area contributed by atoms with Crippen LogP contribution >= 0.6 is 0 Å². The Bertz CT molecular complexity index is 991. The molecule has 0 saturated carbocycles. The van der Waals surface area contributed by atoms with Crippen LogP contribution < -0.4 is 19.1 Å². The maximum absolute atomic E-state index is 12.5. The first kappa shape index (κ1) is 24.5. The molecule has 7 nitrogen and oxygen atoms in total. The molecular formula is C23H32N2O5S. The maximum atomic E-state index is 12.5. The molecule has 0 aliphatic rings. The number of aryl methyl sites for hydroxylation is 1. The van der Waals surface area contributed by atoms with E-state index >= 15 is 0 Å². The summed E-state index contributed by atoms with van der Waals surface area (Å²) in [6.07, 6.45) is 2.53. The average Bonchev–Trinajstić information content (AvgIpc) is 2.74. The molecule has 0 aliphatic carbocycles. The minimum atomic E-state index is -3.49. The van der Waals surface area contributed by atoms with Crippen molar-refractivity contribution in [2.75, 3.05) is 31.3 Å². The monoisotopic (exact) mass is 448 g/mol. The first-order chi connectivity index (χ1) is 14.7. The topological polar surface area (TPSA) is 84.9 Å². The Morgan fingerprint density at radius 1 is 1.13 bits per heavy atom. The smallest absolute Gasteiger partial charge is 0.232 e. The minimum Gasteiger partial charge on any atom is -0.497 e. The van der Waals surface area contributed by atoms with Gasteiger partial charge in [0, 0.05) is 19.0 Å². The van der Waals surface area contributed by atoms with E-state index in [1.165, 1.54) is 11.4 Å². The summed E-state index contributed by atoms with van der Waals surface area (Å²) in [6, 6.07) is 12.6. The Kier molecular flexibility index (Phi) is 8.74. The predicted octanol–water partition coefficient (Wildman–Crippen LogP) is 3.83. The van der Waals surface area contributed by atoms with Crippen LogP contribution in [0.2, 0.25) is 0 Å². The lowest BCUT2D eigenvalue weighted by atomic mass is 10.0. The van der Waals surface area contributed by atoms with Gasteiger partial charge in [0.15, 0.2) is 0 Å². The lowest BCUT2D eigenvalue weighted by molar-refractivity contribution is -0.121. The molecule has 0 bridgehead atoms. The van der Waals surface area contributed by atoms with Crippen LogP contribution in [0, 0.1) is 6.92 Å². The summed E-state index contributed by atoms with van der Waals surface area (Å²) in [5.74, 6) is 1.27. The first-order valence-electron chi connectivity index (χ1n) is 10.2. The largest absolute Gasteiger partial charge is 0.497 e. The van der Waals surface area contributed by atoms with E-state index < -0.39 is 10.0 Å². The molecule has 8 heteroatoms. The van der Waals surface area contributed by atoms with Crippen molar-refractivity contribution in [1.82, 2.24) is 5.32 Å². The number of nitrogens with zero attached hydrogens (tertiary/aromatic N) is 1. The number of ether oxygens (including phenoxy) is 2. The van der Waals surface area contributed by atoms with Gasteiger partial charge in [0.05, 0.1) is 32.2 Å². The average molecular weight is 449 g/mol. The number of hydrogen-bond acceptors (Lipinski definition) is 5. The molecule has 1 N–H and O–H groups in total. The van der Waals surface area contributed by atoms with Crippen molar-refractivity contribution >= 4 is 21.6 Å². The van der Waals surface area contributed by atoms with Crippen LogP contribution in [-0.2, 0) is 14.8 Å². The number of amides is 1. The van der Waals surface area contributed by atoms with E-state index in [0.29, 0.717) is 17.9 Å². The van der Waals surface area contributed by atoms with E-state index in [1.54, 1.807) is 31.4 Å². The molecule has 0 radical (unpaired) electrons. The van der Waals surface area contributed by atoms with E-state index in [1.807, 2.05) is 32.0 Å². The number of nitrogens with one attached hydrogen (secondary N) is 1. The van der Waals surface area contributed by atoms with Crippen LogP contribution in [0.1, 0.15) is 43.4 Å². The highest BCUT2D eigenvalue weighted by atomic mass is 32.2. The van der Waals surface area contributed by atoms with Crippen molar-refractivity contribution in [2.45, 2.75) is 39.2 Å². The van der Waals surface area contributed by atoms with Gasteiger partial charge < -0.3 is 14.8 Å². The van der Waals surface area contributed by atoms with E-state index in [9.17, 15) is 13.2 Å². The van der Waals surface area contributed by atoms with Gasteiger partial charge in [-0.25, -0.2) is 8.42 Å². The standard InChI is InChI=1S/C23H32N2O5S/c1-6-21(18-12-13-22(30-4)17(2)15-18)24-23(26)11-8-14-25(31(5,27)28)19-9-7-10-20(16-19)29-3/h7,9-10,12-13,15-16,21H,6,8,11,14H2,1-5H3,(H,24,26)/t21-/m1/s1. The van der Waals surface area contributed by atoms with Crippen LogP contribution in [0.25, 0.3) is 0 Å². The van der Waals surface area contributed by atoms with Gasteiger partial charge in [-0.05, 0) is 49.1 Å². The Morgan fingerprint density at radius 3 is 2.45 bits per heavy atom. The zero-order chi connectivity index (χ0) is 23.0. The summed E-state index contributed by atoms with van der Waals surface area (Å²) >= 11 is 0. The number of carbonyl (C=O) groups is 1. The number of hydrogen-bond donors (Lipinski definition) is 1. The molecule has 0 fully saturated rings. The van der Waals surface area contributed by atoms with Gasteiger partial charge in [0.2, 0.25) is 15.9 Å². The molecule has 31 heavy (non-hydrogen) atoms. The fraction of sp³-hybridized carbons (Fsp3) is 0.435. The number of sulfonamides is 1. The van der Waals surface area contributed by atoms with E-state index in [4.69, 9.17) is 9.47 Å². The molecule has 170 valence electrons. The molecule has 0 unspecified atom stereocenters. The number of carbonyl (C=O) groups excluding carboxylic acids is 1. The van der Waals surface area contributed by atoms with Crippen LogP contribution in [0.4, 0.5) is 5.69 Å². The Labute approximate surface area is 185 Å². The van der Waals surface area contributed by atoms with Crippen molar-refractivity contribution in [2.24, 2.45) is 0 Å². The van der Waals surface area contributed by atoms with Crippen LogP contribution in [0.15, 0.2) is 42.5 Å². The van der Waals surface area contributed by atoms with Crippen LogP contribution in [-0.4, -0.2) is 41.3 Å². The third-order valence-electron chi connectivity index (χ3n) is 5.07. The minimum absolute atomic E-state index is 0.110. The van der Waals surface area contributed by atoms with Crippen LogP contribution in [0.5, 0.6) is 11.5 Å². The van der Waals surface area contributed by atoms with Crippen molar-refractivity contribution in [3.63, 3.8) is 0 Å². The Balaban J connectivity index is 2.00. The summed E-state index contributed by atoms with van der Waals surface area (Å²) in [5.41, 5.74) is 2.54. The van der Waals surface area contributed by atoms with Gasteiger partial charge in [-0.1, -0.05) is 25.1 Å². The molecule has 2 aromatic rings. The molecule has 0 saturated heterocycles. The second kappa shape index (κ2) is 11.0. The second-order valence-corrected chi connectivity index (χ2v) is 9.30. The molecule has 0 spiro atoms. The van der Waals surface area contributed by atoms with Gasteiger partial charge in [-0.2, -0.15) is 0 Å². The van der Waals surface area contributed by atoms with Crippen molar-refractivity contribution in [3.05, 3.63) is 53.6 Å². The van der Waals surface area contributed by atoms with E-state index in [0.717, 1.165) is 29.6 Å². The van der Waals surface area contributed by atoms with Crippen LogP contribution in [0.3, 0.4) is 0 Å². The number of anilines is 1. The van der Waals surface area contributed by atoms with Crippen molar-refractivity contribution in [3.8, 4) is 11.5 Å². The van der Waals surface area contributed by atoms with Gasteiger partial charge in [0.1, 0.15) is 11.5 Å². The number of rotatable bonds is 11. The third-order valence-corrected chi connectivity index (χ3v) is 6.27. The summed E-state index contributed by atoms with van der Waals surface area (Å²) in [4.78, 5) is 12.5.